The van der Waals surface area contributed by atoms with Crippen LogP contribution in [0.2, 0.25) is 0 Å². The van der Waals surface area contributed by atoms with Gasteiger partial charge in [0.15, 0.2) is 6.79 Å². The summed E-state index contributed by atoms with van der Waals surface area (Å²) in [5.74, 6) is 0.604. The molecule has 1 heterocycles. The molecule has 266 valence electrons. The van der Waals surface area contributed by atoms with Crippen LogP contribution in [-0.4, -0.2) is 94.7 Å². The molecule has 1 aliphatic rings. The van der Waals surface area contributed by atoms with Gasteiger partial charge in [-0.25, -0.2) is 0 Å². The van der Waals surface area contributed by atoms with Crippen LogP contribution in [0.15, 0.2) is 84.9 Å². The zero-order valence-corrected chi connectivity index (χ0v) is 29.7. The SMILES string of the molecule is CCOC(Cc1ccc(-c2cccc(CN(C)C(=O)c3ccc4cc(OCOCCOC)ccc4c3)c2)cc1)C(=O)NCCN1CCCCC1. The van der Waals surface area contributed by atoms with Crippen molar-refractivity contribution in [3.63, 3.8) is 0 Å². The van der Waals surface area contributed by atoms with E-state index in [1.165, 1.54) is 19.3 Å². The van der Waals surface area contributed by atoms with Crippen LogP contribution in [0.3, 0.4) is 0 Å². The van der Waals surface area contributed by atoms with Crippen molar-refractivity contribution in [1.29, 1.82) is 0 Å². The van der Waals surface area contributed by atoms with Gasteiger partial charge < -0.3 is 34.1 Å². The number of carbonyl (C=O) groups excluding carboxylic acids is 2. The largest absolute Gasteiger partial charge is 0.468 e. The van der Waals surface area contributed by atoms with Gasteiger partial charge >= 0.3 is 0 Å². The molecule has 1 N–H and O–H groups in total. The first-order chi connectivity index (χ1) is 24.4. The van der Waals surface area contributed by atoms with Crippen molar-refractivity contribution >= 4 is 22.6 Å². The third kappa shape index (κ3) is 10.9. The van der Waals surface area contributed by atoms with Gasteiger partial charge in [0, 0.05) is 52.4 Å². The second-order valence-electron chi connectivity index (χ2n) is 12.8. The Morgan fingerprint density at radius 3 is 2.42 bits per heavy atom. The van der Waals surface area contributed by atoms with Crippen molar-refractivity contribution in [3.8, 4) is 16.9 Å². The van der Waals surface area contributed by atoms with Crippen molar-refractivity contribution < 1.29 is 28.5 Å². The molecule has 0 saturated carbocycles. The molecule has 9 nitrogen and oxygen atoms in total. The van der Waals surface area contributed by atoms with Gasteiger partial charge in [-0.3, -0.25) is 9.59 Å². The average Bonchev–Trinajstić information content (AvgIpc) is 3.14. The summed E-state index contributed by atoms with van der Waals surface area (Å²) in [6, 6.07) is 28.0. The number of piperidine rings is 1. The van der Waals surface area contributed by atoms with Crippen molar-refractivity contribution in [2.45, 2.75) is 45.3 Å². The Labute approximate surface area is 296 Å². The predicted octanol–water partition coefficient (Wildman–Crippen LogP) is 6.33. The summed E-state index contributed by atoms with van der Waals surface area (Å²) < 4.78 is 21.9. The minimum Gasteiger partial charge on any atom is -0.468 e. The van der Waals surface area contributed by atoms with E-state index in [2.05, 4.69) is 46.6 Å². The first-order valence-corrected chi connectivity index (χ1v) is 17.7. The smallest absolute Gasteiger partial charge is 0.253 e. The zero-order chi connectivity index (χ0) is 35.1. The normalized spacial score (nSPS) is 14.0. The van der Waals surface area contributed by atoms with Crippen molar-refractivity contribution in [3.05, 3.63) is 102 Å². The van der Waals surface area contributed by atoms with Crippen LogP contribution in [0, 0.1) is 0 Å². The van der Waals surface area contributed by atoms with Crippen LogP contribution in [0.5, 0.6) is 5.75 Å². The standard InChI is InChI=1S/C41H51N3O6/c1-4-49-39(40(45)42-19-22-44-20-6-5-7-21-44)26-31-11-13-33(14-12-31)34-10-8-9-32(25-34)29-43(2)41(46)37-16-15-36-28-38(18-17-35(36)27-37)50-30-48-24-23-47-3/h8-18,25,27-28,39H,4-7,19-24,26,29-30H2,1-3H3,(H,42,45). The lowest BCUT2D eigenvalue weighted by Crippen LogP contribution is -2.42. The van der Waals surface area contributed by atoms with Crippen molar-refractivity contribution in [2.75, 3.05) is 67.0 Å². The van der Waals surface area contributed by atoms with Gasteiger partial charge in [0.1, 0.15) is 11.9 Å². The Kier molecular flexibility index (Phi) is 14.2. The third-order valence-electron chi connectivity index (χ3n) is 9.04. The van der Waals surface area contributed by atoms with Gasteiger partial charge in [0.05, 0.1) is 13.2 Å². The van der Waals surface area contributed by atoms with Crippen LogP contribution >= 0.6 is 0 Å². The lowest BCUT2D eigenvalue weighted by Gasteiger charge is -2.26. The molecule has 4 aromatic carbocycles. The van der Waals surface area contributed by atoms with Gasteiger partial charge in [0.25, 0.3) is 5.91 Å². The number of nitrogens with one attached hydrogen (secondary N) is 1. The number of rotatable bonds is 18. The summed E-state index contributed by atoms with van der Waals surface area (Å²) in [6.45, 7) is 7.78. The molecule has 4 aromatic rings. The third-order valence-corrected chi connectivity index (χ3v) is 9.04. The van der Waals surface area contributed by atoms with E-state index in [0.29, 0.717) is 50.6 Å². The van der Waals surface area contributed by atoms with E-state index in [9.17, 15) is 9.59 Å². The highest BCUT2D eigenvalue weighted by molar-refractivity contribution is 5.98. The Morgan fingerprint density at radius 2 is 1.64 bits per heavy atom. The lowest BCUT2D eigenvalue weighted by atomic mass is 9.99. The molecule has 0 radical (unpaired) electrons. The summed E-state index contributed by atoms with van der Waals surface area (Å²) in [5.41, 5.74) is 4.85. The van der Waals surface area contributed by atoms with Crippen LogP contribution in [0.4, 0.5) is 0 Å². The number of hydrogen-bond acceptors (Lipinski definition) is 7. The fraction of sp³-hybridized carbons (Fsp3) is 0.415. The molecule has 5 rings (SSSR count). The second kappa shape index (κ2) is 19.2. The summed E-state index contributed by atoms with van der Waals surface area (Å²) in [5, 5.41) is 5.03. The number of likely N-dealkylation sites (tertiary alicyclic amines) is 1. The predicted molar refractivity (Wildman–Crippen MR) is 197 cm³/mol. The fourth-order valence-electron chi connectivity index (χ4n) is 6.28. The first kappa shape index (κ1) is 37.0. The second-order valence-corrected chi connectivity index (χ2v) is 12.8. The molecule has 0 spiro atoms. The van der Waals surface area contributed by atoms with Crippen molar-refractivity contribution in [1.82, 2.24) is 15.1 Å². The van der Waals surface area contributed by atoms with Gasteiger partial charge in [0.2, 0.25) is 5.91 Å². The van der Waals surface area contributed by atoms with Gasteiger partial charge in [-0.05, 0) is 96.2 Å². The fourth-order valence-corrected chi connectivity index (χ4v) is 6.28. The number of methoxy groups -OCH3 is 1. The summed E-state index contributed by atoms with van der Waals surface area (Å²) >= 11 is 0. The van der Waals surface area contributed by atoms with Crippen molar-refractivity contribution in [2.24, 2.45) is 0 Å². The molecule has 1 atom stereocenters. The number of ether oxygens (including phenoxy) is 4. The lowest BCUT2D eigenvalue weighted by molar-refractivity contribution is -0.132. The minimum absolute atomic E-state index is 0.0482. The van der Waals surface area contributed by atoms with E-state index in [0.717, 1.165) is 52.7 Å². The van der Waals surface area contributed by atoms with E-state index >= 15 is 0 Å². The topological polar surface area (TPSA) is 89.6 Å². The van der Waals surface area contributed by atoms with E-state index in [1.54, 1.807) is 12.0 Å². The number of hydrogen-bond donors (Lipinski definition) is 1. The quantitative estimate of drug-likeness (QED) is 0.0971. The molecule has 1 unspecified atom stereocenters. The summed E-state index contributed by atoms with van der Waals surface area (Å²) in [7, 11) is 3.46. The maximum atomic E-state index is 13.4. The highest BCUT2D eigenvalue weighted by Crippen LogP contribution is 2.25. The number of benzene rings is 4. The van der Waals surface area contributed by atoms with E-state index < -0.39 is 6.10 Å². The molecule has 1 fully saturated rings. The molecule has 0 bridgehead atoms. The highest BCUT2D eigenvalue weighted by atomic mass is 16.7. The number of nitrogens with zero attached hydrogens (tertiary/aromatic N) is 2. The highest BCUT2D eigenvalue weighted by Gasteiger charge is 2.20. The molecular formula is C41H51N3O6. The van der Waals surface area contributed by atoms with Crippen LogP contribution < -0.4 is 10.1 Å². The summed E-state index contributed by atoms with van der Waals surface area (Å²) in [6.07, 6.45) is 3.78. The minimum atomic E-state index is -0.519. The monoisotopic (exact) mass is 681 g/mol. The van der Waals surface area contributed by atoms with Crippen LogP contribution in [0.25, 0.3) is 21.9 Å². The zero-order valence-electron chi connectivity index (χ0n) is 29.7. The molecule has 2 amide bonds. The average molecular weight is 682 g/mol. The van der Waals surface area contributed by atoms with E-state index in [1.807, 2.05) is 62.5 Å². The molecule has 9 heteroatoms. The number of carbonyl (C=O) groups is 2. The van der Waals surface area contributed by atoms with Crippen LogP contribution in [-0.2, 0) is 32.0 Å². The Balaban J connectivity index is 1.14. The van der Waals surface area contributed by atoms with Gasteiger partial charge in [-0.2, -0.15) is 0 Å². The van der Waals surface area contributed by atoms with E-state index in [4.69, 9.17) is 18.9 Å². The van der Waals surface area contributed by atoms with Gasteiger partial charge in [-0.15, -0.1) is 0 Å². The molecule has 50 heavy (non-hydrogen) atoms. The molecule has 0 aromatic heterocycles. The van der Waals surface area contributed by atoms with E-state index in [-0.39, 0.29) is 18.6 Å². The molecule has 0 aliphatic carbocycles. The molecule has 1 saturated heterocycles. The number of amides is 2. The first-order valence-electron chi connectivity index (χ1n) is 17.7. The summed E-state index contributed by atoms with van der Waals surface area (Å²) in [4.78, 5) is 30.6. The molecular weight excluding hydrogens is 630 g/mol. The maximum Gasteiger partial charge on any atom is 0.253 e. The maximum absolute atomic E-state index is 13.4. The Hall–Kier alpha value is -4.28. The number of fused-ring (bicyclic) bond motifs is 1. The Bertz CT molecular complexity index is 1670. The van der Waals surface area contributed by atoms with Gasteiger partial charge in [-0.1, -0.05) is 61.0 Å². The Morgan fingerprint density at radius 1 is 0.860 bits per heavy atom. The van der Waals surface area contributed by atoms with Crippen LogP contribution in [0.1, 0.15) is 47.7 Å². The molecule has 1 aliphatic heterocycles.